The van der Waals surface area contributed by atoms with Gasteiger partial charge in [0.15, 0.2) is 13.2 Å². The van der Waals surface area contributed by atoms with Crippen LogP contribution in [0.1, 0.15) is 31.8 Å². The lowest BCUT2D eigenvalue weighted by Crippen LogP contribution is -2.11. The van der Waals surface area contributed by atoms with Crippen molar-refractivity contribution in [3.63, 3.8) is 0 Å². The van der Waals surface area contributed by atoms with E-state index in [1.54, 1.807) is 48.5 Å². The van der Waals surface area contributed by atoms with Gasteiger partial charge in [-0.25, -0.2) is 9.59 Å². The molecule has 0 radical (unpaired) electrons. The van der Waals surface area contributed by atoms with E-state index < -0.39 is 11.9 Å². The molecule has 0 aliphatic carbocycles. The predicted octanol–water partition coefficient (Wildman–Crippen LogP) is 4.18. The van der Waals surface area contributed by atoms with Crippen molar-refractivity contribution >= 4 is 11.9 Å². The summed E-state index contributed by atoms with van der Waals surface area (Å²) in [5.74, 6) is 5.08. The molecule has 1 heterocycles. The molecule has 0 amide bonds. The van der Waals surface area contributed by atoms with Gasteiger partial charge in [-0.05, 0) is 35.4 Å². The van der Waals surface area contributed by atoms with E-state index in [0.29, 0.717) is 22.6 Å². The summed E-state index contributed by atoms with van der Waals surface area (Å²) in [6.45, 7) is 0.196. The van der Waals surface area contributed by atoms with Crippen LogP contribution >= 0.6 is 0 Å². The largest absolute Gasteiger partial charge is 0.488 e. The molecule has 1 aliphatic heterocycles. The minimum atomic E-state index is -0.543. The van der Waals surface area contributed by atoms with Crippen molar-refractivity contribution in [2.24, 2.45) is 0 Å². The van der Waals surface area contributed by atoms with E-state index in [1.165, 1.54) is 0 Å². The summed E-state index contributed by atoms with van der Waals surface area (Å²) >= 11 is 0. The molecule has 0 N–H and O–H groups in total. The number of carbonyl (C=O) groups excluding carboxylic acids is 2. The fraction of sp³-hybridized carbons (Fsp3) is 0.154. The third kappa shape index (κ3) is 5.08. The average molecular weight is 428 g/mol. The molecule has 6 heteroatoms. The highest BCUT2D eigenvalue weighted by atomic mass is 16.5. The molecule has 160 valence electrons. The summed E-state index contributed by atoms with van der Waals surface area (Å²) in [6, 6.07) is 21.4. The lowest BCUT2D eigenvalue weighted by molar-refractivity contribution is 0.0533. The zero-order chi connectivity index (χ0) is 22.2. The predicted molar refractivity (Wildman–Crippen MR) is 116 cm³/mol. The Morgan fingerprint density at radius 3 is 1.41 bits per heavy atom. The third-order valence-corrected chi connectivity index (χ3v) is 4.77. The Kier molecular flexibility index (Phi) is 6.69. The quantitative estimate of drug-likeness (QED) is 0.395. The number of carbonyl (C=O) groups is 2. The van der Waals surface area contributed by atoms with Crippen molar-refractivity contribution in [3.05, 3.63) is 95.1 Å². The summed E-state index contributed by atoms with van der Waals surface area (Å²) in [5.41, 5.74) is 2.40. The third-order valence-electron chi connectivity index (χ3n) is 4.77. The minimum Gasteiger partial charge on any atom is -0.488 e. The number of para-hydroxylation sites is 2. The van der Waals surface area contributed by atoms with Crippen LogP contribution in [0.15, 0.2) is 72.8 Å². The van der Waals surface area contributed by atoms with Crippen molar-refractivity contribution in [3.8, 4) is 23.3 Å². The topological polar surface area (TPSA) is 71.1 Å². The second-order valence-electron chi connectivity index (χ2n) is 6.84. The molecular weight excluding hydrogens is 408 g/mol. The van der Waals surface area contributed by atoms with E-state index in [9.17, 15) is 9.59 Å². The Bertz CT molecular complexity index is 1100. The Morgan fingerprint density at radius 1 is 0.531 bits per heavy atom. The monoisotopic (exact) mass is 428 g/mol. The second-order valence-corrected chi connectivity index (χ2v) is 6.84. The van der Waals surface area contributed by atoms with Crippen LogP contribution in [0.2, 0.25) is 0 Å². The van der Waals surface area contributed by atoms with Crippen LogP contribution in [-0.2, 0) is 22.7 Å². The molecule has 4 rings (SSSR count). The van der Waals surface area contributed by atoms with E-state index in [0.717, 1.165) is 11.1 Å². The average Bonchev–Trinajstić information content (AvgIpc) is 2.83. The molecule has 32 heavy (non-hydrogen) atoms. The van der Waals surface area contributed by atoms with E-state index >= 15 is 0 Å². The highest BCUT2D eigenvalue weighted by Gasteiger charge is 2.16. The number of ether oxygens (including phenoxy) is 4. The smallest absolute Gasteiger partial charge is 0.342 e. The summed E-state index contributed by atoms with van der Waals surface area (Å²) in [5, 5.41) is 0. The molecule has 0 unspecified atom stereocenters. The Labute approximate surface area is 185 Å². The SMILES string of the molecule is O=C1OCC#CCOC(=O)c2ccccc2OCc2ccccc2COc2ccccc21. The normalized spacial score (nSPS) is 14.2. The van der Waals surface area contributed by atoms with Crippen LogP contribution in [0.3, 0.4) is 0 Å². The molecule has 0 fully saturated rings. The van der Waals surface area contributed by atoms with Crippen LogP contribution in [0.5, 0.6) is 11.5 Å². The number of esters is 2. The van der Waals surface area contributed by atoms with Gasteiger partial charge in [-0.3, -0.25) is 0 Å². The van der Waals surface area contributed by atoms with Crippen LogP contribution < -0.4 is 9.47 Å². The summed E-state index contributed by atoms with van der Waals surface area (Å²) in [4.78, 5) is 24.9. The van der Waals surface area contributed by atoms with Gasteiger partial charge < -0.3 is 18.9 Å². The number of cyclic esters (lactones) is 2. The molecule has 0 saturated carbocycles. The van der Waals surface area contributed by atoms with Gasteiger partial charge in [0.25, 0.3) is 0 Å². The van der Waals surface area contributed by atoms with E-state index in [4.69, 9.17) is 18.9 Å². The summed E-state index contributed by atoms with van der Waals surface area (Å²) in [6.07, 6.45) is 0. The molecule has 0 saturated heterocycles. The molecule has 1 aliphatic rings. The molecule has 0 spiro atoms. The van der Waals surface area contributed by atoms with Crippen molar-refractivity contribution in [1.29, 1.82) is 0 Å². The first kappa shape index (κ1) is 21.0. The summed E-state index contributed by atoms with van der Waals surface area (Å²) in [7, 11) is 0. The van der Waals surface area contributed by atoms with Gasteiger partial charge in [-0.15, -0.1) is 0 Å². The lowest BCUT2D eigenvalue weighted by atomic mass is 10.1. The fourth-order valence-electron chi connectivity index (χ4n) is 3.13. The first-order valence-electron chi connectivity index (χ1n) is 10.0. The zero-order valence-electron chi connectivity index (χ0n) is 17.2. The summed E-state index contributed by atoms with van der Waals surface area (Å²) < 4.78 is 22.3. The first-order valence-corrected chi connectivity index (χ1v) is 10.0. The molecule has 3 aromatic rings. The Balaban J connectivity index is 1.64. The van der Waals surface area contributed by atoms with Gasteiger partial charge >= 0.3 is 11.9 Å². The van der Waals surface area contributed by atoms with Gasteiger partial charge in [-0.1, -0.05) is 60.4 Å². The highest BCUT2D eigenvalue weighted by molar-refractivity contribution is 5.93. The Morgan fingerprint density at radius 2 is 0.938 bits per heavy atom. The maximum Gasteiger partial charge on any atom is 0.342 e. The second kappa shape index (κ2) is 10.2. The van der Waals surface area contributed by atoms with Gasteiger partial charge in [0.1, 0.15) is 35.8 Å². The molecule has 0 aromatic heterocycles. The van der Waals surface area contributed by atoms with Crippen molar-refractivity contribution in [2.75, 3.05) is 13.2 Å². The number of hydrogen-bond acceptors (Lipinski definition) is 6. The Hall–Kier alpha value is -4.24. The van der Waals surface area contributed by atoms with E-state index in [1.807, 2.05) is 24.3 Å². The standard InChI is InChI=1S/C26H20O6/c27-25-21-11-3-5-13-23(21)31-17-19-9-1-2-10-20(19)18-32-24-14-6-4-12-22(24)26(28)30-16-8-7-15-29-25/h1-6,9-14H,15-18H2. The van der Waals surface area contributed by atoms with Crippen LogP contribution in [-0.4, -0.2) is 25.2 Å². The number of rotatable bonds is 0. The molecular formula is C26H20O6. The zero-order valence-corrected chi connectivity index (χ0v) is 17.2. The van der Waals surface area contributed by atoms with Gasteiger partial charge in [-0.2, -0.15) is 0 Å². The van der Waals surface area contributed by atoms with Crippen LogP contribution in [0, 0.1) is 11.8 Å². The molecule has 0 atom stereocenters. The van der Waals surface area contributed by atoms with Gasteiger partial charge in [0, 0.05) is 0 Å². The maximum atomic E-state index is 12.5. The van der Waals surface area contributed by atoms with Crippen molar-refractivity contribution < 1.29 is 28.5 Å². The van der Waals surface area contributed by atoms with Gasteiger partial charge in [0.05, 0.1) is 0 Å². The molecule has 3 aromatic carbocycles. The van der Waals surface area contributed by atoms with Crippen molar-refractivity contribution in [1.82, 2.24) is 0 Å². The molecule has 0 bridgehead atoms. The highest BCUT2D eigenvalue weighted by Crippen LogP contribution is 2.24. The number of benzene rings is 3. The first-order chi connectivity index (χ1) is 15.7. The number of fused-ring (bicyclic) bond motifs is 3. The lowest BCUT2D eigenvalue weighted by Gasteiger charge is -2.15. The van der Waals surface area contributed by atoms with Crippen LogP contribution in [0.4, 0.5) is 0 Å². The fourth-order valence-corrected chi connectivity index (χ4v) is 3.13. The van der Waals surface area contributed by atoms with E-state index in [2.05, 4.69) is 11.8 Å². The van der Waals surface area contributed by atoms with E-state index in [-0.39, 0.29) is 26.4 Å². The number of hydrogen-bond donors (Lipinski definition) is 0. The van der Waals surface area contributed by atoms with Gasteiger partial charge in [0.2, 0.25) is 0 Å². The van der Waals surface area contributed by atoms with Crippen molar-refractivity contribution in [2.45, 2.75) is 13.2 Å². The van der Waals surface area contributed by atoms with Crippen LogP contribution in [0.25, 0.3) is 0 Å². The molecule has 6 nitrogen and oxygen atoms in total. The maximum absolute atomic E-state index is 12.5. The minimum absolute atomic E-state index is 0.132.